The van der Waals surface area contributed by atoms with Crippen LogP contribution in [-0.2, 0) is 30.4 Å². The third-order valence-corrected chi connectivity index (χ3v) is 5.39. The van der Waals surface area contributed by atoms with Gasteiger partial charge in [0.25, 0.3) is 0 Å². The summed E-state index contributed by atoms with van der Waals surface area (Å²) in [6, 6.07) is 2.46. The van der Waals surface area contributed by atoms with Gasteiger partial charge in [0.1, 0.15) is 18.1 Å². The second kappa shape index (κ2) is 12.0. The summed E-state index contributed by atoms with van der Waals surface area (Å²) in [5.74, 6) is -5.38. The Balaban J connectivity index is 2.33. The summed E-state index contributed by atoms with van der Waals surface area (Å²) in [6.45, 7) is 4.87. The van der Waals surface area contributed by atoms with Crippen molar-refractivity contribution < 1.29 is 34.2 Å². The standard InChI is InChI=1S/C23H31N5O7/c1-11(2)19(28-20(31)12(3)24)22(33)26-16(21(32)27-17(23(34)35)9-18(29)30)8-13-10-25-15-7-5-4-6-14(13)15/h4-7,10-12,16-17,19,25H,8-9,24H2,1-3H3,(H,26,33)(H,27,32)(H,28,31)(H,29,30)(H,34,35). The average Bonchev–Trinajstić information content (AvgIpc) is 3.18. The number of amides is 3. The van der Waals surface area contributed by atoms with E-state index in [2.05, 4.69) is 20.9 Å². The van der Waals surface area contributed by atoms with Crippen LogP contribution in [-0.4, -0.2) is 69.0 Å². The van der Waals surface area contributed by atoms with Crippen molar-refractivity contribution in [2.24, 2.45) is 11.7 Å². The first-order chi connectivity index (χ1) is 16.4. The molecule has 4 unspecified atom stereocenters. The van der Waals surface area contributed by atoms with Gasteiger partial charge in [-0.15, -0.1) is 0 Å². The molecule has 2 aromatic rings. The molecule has 8 N–H and O–H groups in total. The molecule has 0 fully saturated rings. The van der Waals surface area contributed by atoms with Crippen LogP contribution in [0, 0.1) is 5.92 Å². The highest BCUT2D eigenvalue weighted by atomic mass is 16.4. The summed E-state index contributed by atoms with van der Waals surface area (Å²) >= 11 is 0. The molecule has 12 heteroatoms. The number of para-hydroxylation sites is 1. The molecule has 0 bridgehead atoms. The Hall–Kier alpha value is -3.93. The second-order valence-corrected chi connectivity index (χ2v) is 8.64. The molecular formula is C23H31N5O7. The Morgan fingerprint density at radius 2 is 1.54 bits per heavy atom. The Morgan fingerprint density at radius 3 is 2.11 bits per heavy atom. The van der Waals surface area contributed by atoms with Gasteiger partial charge in [-0.05, 0) is 24.5 Å². The van der Waals surface area contributed by atoms with Gasteiger partial charge in [-0.1, -0.05) is 32.0 Å². The molecule has 2 rings (SSSR count). The number of hydrogen-bond acceptors (Lipinski definition) is 6. The van der Waals surface area contributed by atoms with Crippen LogP contribution in [0.5, 0.6) is 0 Å². The molecule has 0 aliphatic heterocycles. The number of benzene rings is 1. The van der Waals surface area contributed by atoms with Crippen molar-refractivity contribution in [3.05, 3.63) is 36.0 Å². The molecule has 1 heterocycles. The third-order valence-electron chi connectivity index (χ3n) is 5.39. The summed E-state index contributed by atoms with van der Waals surface area (Å²) < 4.78 is 0. The van der Waals surface area contributed by atoms with Crippen LogP contribution in [0.2, 0.25) is 0 Å². The number of carbonyl (C=O) groups is 5. The summed E-state index contributed by atoms with van der Waals surface area (Å²) in [5, 5.41) is 26.4. The van der Waals surface area contributed by atoms with Crippen molar-refractivity contribution in [3.63, 3.8) is 0 Å². The SMILES string of the molecule is CC(N)C(=O)NC(C(=O)NC(Cc1c[nH]c2ccccc12)C(=O)NC(CC(=O)O)C(=O)O)C(C)C. The number of nitrogens with one attached hydrogen (secondary N) is 4. The predicted molar refractivity (Wildman–Crippen MR) is 126 cm³/mol. The molecule has 0 saturated carbocycles. The fraction of sp³-hybridized carbons (Fsp3) is 0.435. The third kappa shape index (κ3) is 7.54. The number of aromatic nitrogens is 1. The lowest BCUT2D eigenvalue weighted by molar-refractivity contribution is -0.147. The molecule has 0 radical (unpaired) electrons. The Kier molecular flexibility index (Phi) is 9.34. The van der Waals surface area contributed by atoms with Crippen molar-refractivity contribution in [2.75, 3.05) is 0 Å². The first-order valence-electron chi connectivity index (χ1n) is 11.1. The molecule has 0 spiro atoms. The van der Waals surface area contributed by atoms with E-state index in [1.807, 2.05) is 18.2 Å². The quantitative estimate of drug-likeness (QED) is 0.211. The predicted octanol–water partition coefficient (Wildman–Crippen LogP) is -0.273. The summed E-state index contributed by atoms with van der Waals surface area (Å²) in [4.78, 5) is 63.8. The number of aromatic amines is 1. The molecule has 35 heavy (non-hydrogen) atoms. The Morgan fingerprint density at radius 1 is 0.914 bits per heavy atom. The van der Waals surface area contributed by atoms with Gasteiger partial charge < -0.3 is 36.9 Å². The van der Waals surface area contributed by atoms with E-state index in [1.165, 1.54) is 6.92 Å². The monoisotopic (exact) mass is 489 g/mol. The van der Waals surface area contributed by atoms with Gasteiger partial charge in [0.05, 0.1) is 12.5 Å². The van der Waals surface area contributed by atoms with Gasteiger partial charge in [0.15, 0.2) is 0 Å². The van der Waals surface area contributed by atoms with E-state index in [1.54, 1.807) is 26.1 Å². The Bertz CT molecular complexity index is 1090. The molecule has 3 amide bonds. The van der Waals surface area contributed by atoms with Crippen LogP contribution in [0.3, 0.4) is 0 Å². The van der Waals surface area contributed by atoms with Crippen LogP contribution in [0.1, 0.15) is 32.8 Å². The van der Waals surface area contributed by atoms with Crippen LogP contribution < -0.4 is 21.7 Å². The zero-order valence-corrected chi connectivity index (χ0v) is 19.7. The maximum atomic E-state index is 13.1. The first kappa shape index (κ1) is 27.3. The number of carbonyl (C=O) groups excluding carboxylic acids is 3. The maximum Gasteiger partial charge on any atom is 0.326 e. The molecule has 12 nitrogen and oxygen atoms in total. The lowest BCUT2D eigenvalue weighted by atomic mass is 10.00. The van der Waals surface area contributed by atoms with Gasteiger partial charge in [-0.2, -0.15) is 0 Å². The number of fused-ring (bicyclic) bond motifs is 1. The Labute approximate surface area is 201 Å². The zero-order valence-electron chi connectivity index (χ0n) is 19.7. The van der Waals surface area contributed by atoms with E-state index in [0.717, 1.165) is 10.9 Å². The van der Waals surface area contributed by atoms with Crippen LogP contribution in [0.4, 0.5) is 0 Å². The molecule has 0 aliphatic carbocycles. The summed E-state index contributed by atoms with van der Waals surface area (Å²) in [5.41, 5.74) is 7.06. The molecule has 4 atom stereocenters. The fourth-order valence-corrected chi connectivity index (χ4v) is 3.46. The highest BCUT2D eigenvalue weighted by Gasteiger charge is 2.32. The molecule has 1 aromatic carbocycles. The van der Waals surface area contributed by atoms with Crippen molar-refractivity contribution in [1.29, 1.82) is 0 Å². The van der Waals surface area contributed by atoms with Gasteiger partial charge in [0.2, 0.25) is 17.7 Å². The second-order valence-electron chi connectivity index (χ2n) is 8.64. The van der Waals surface area contributed by atoms with Crippen molar-refractivity contribution in [1.82, 2.24) is 20.9 Å². The number of rotatable bonds is 12. The lowest BCUT2D eigenvalue weighted by Gasteiger charge is -2.26. The van der Waals surface area contributed by atoms with Crippen molar-refractivity contribution in [3.8, 4) is 0 Å². The van der Waals surface area contributed by atoms with Gasteiger partial charge in [-0.3, -0.25) is 19.2 Å². The lowest BCUT2D eigenvalue weighted by Crippen LogP contribution is -2.58. The van der Waals surface area contributed by atoms with E-state index < -0.39 is 60.2 Å². The van der Waals surface area contributed by atoms with E-state index in [0.29, 0.717) is 5.56 Å². The van der Waals surface area contributed by atoms with E-state index in [9.17, 15) is 29.1 Å². The molecule has 0 saturated heterocycles. The van der Waals surface area contributed by atoms with Crippen LogP contribution in [0.25, 0.3) is 10.9 Å². The van der Waals surface area contributed by atoms with Crippen LogP contribution in [0.15, 0.2) is 30.5 Å². The molecule has 0 aliphatic rings. The zero-order chi connectivity index (χ0) is 26.3. The first-order valence-corrected chi connectivity index (χ1v) is 11.1. The van der Waals surface area contributed by atoms with Crippen LogP contribution >= 0.6 is 0 Å². The highest BCUT2D eigenvalue weighted by Crippen LogP contribution is 2.19. The topological polar surface area (TPSA) is 204 Å². The number of H-pyrrole nitrogens is 1. The molecule has 190 valence electrons. The van der Waals surface area contributed by atoms with Crippen molar-refractivity contribution >= 4 is 40.6 Å². The van der Waals surface area contributed by atoms with E-state index in [-0.39, 0.29) is 12.3 Å². The minimum atomic E-state index is -1.69. The fourth-order valence-electron chi connectivity index (χ4n) is 3.46. The number of hydrogen-bond donors (Lipinski definition) is 7. The minimum absolute atomic E-state index is 0.0208. The van der Waals surface area contributed by atoms with E-state index in [4.69, 9.17) is 10.8 Å². The minimum Gasteiger partial charge on any atom is -0.481 e. The summed E-state index contributed by atoms with van der Waals surface area (Å²) in [7, 11) is 0. The number of carboxylic acid groups (broad SMARTS) is 2. The van der Waals surface area contributed by atoms with Gasteiger partial charge in [-0.25, -0.2) is 4.79 Å². The normalized spacial score (nSPS) is 14.5. The van der Waals surface area contributed by atoms with Gasteiger partial charge in [0, 0.05) is 23.5 Å². The van der Waals surface area contributed by atoms with E-state index >= 15 is 0 Å². The largest absolute Gasteiger partial charge is 0.481 e. The van der Waals surface area contributed by atoms with Gasteiger partial charge >= 0.3 is 11.9 Å². The number of carboxylic acids is 2. The maximum absolute atomic E-state index is 13.1. The summed E-state index contributed by atoms with van der Waals surface area (Å²) in [6.07, 6.45) is 0.807. The number of aliphatic carboxylic acids is 2. The smallest absolute Gasteiger partial charge is 0.326 e. The molecular weight excluding hydrogens is 458 g/mol. The highest BCUT2D eigenvalue weighted by molar-refractivity contribution is 5.95. The average molecular weight is 490 g/mol. The molecule has 1 aromatic heterocycles. The van der Waals surface area contributed by atoms with Crippen molar-refractivity contribution in [2.45, 2.75) is 57.8 Å². The number of nitrogens with two attached hydrogens (primary N) is 1.